The number of nitrogens with two attached hydrogens (primary N) is 1. The molecule has 0 aliphatic carbocycles. The second-order valence-corrected chi connectivity index (χ2v) is 19.7. The summed E-state index contributed by atoms with van der Waals surface area (Å²) in [5, 5.41) is 32.7. The normalized spacial score (nSPS) is 23.9. The van der Waals surface area contributed by atoms with Crippen molar-refractivity contribution < 1.29 is 80.5 Å². The Morgan fingerprint density at radius 1 is 1.05 bits per heavy atom. The Hall–Kier alpha value is -2.72. The van der Waals surface area contributed by atoms with Gasteiger partial charge < -0.3 is 79.7 Å². The minimum Gasteiger partial charge on any atom is -0.790 e. The first-order chi connectivity index (χ1) is 28.4. The number of aromatic nitrogens is 4. The van der Waals surface area contributed by atoms with Crippen molar-refractivity contribution >= 4 is 69.9 Å². The fraction of sp³-hybridized carbons (Fsp3) is 0.733. The van der Waals surface area contributed by atoms with Crippen LogP contribution in [0, 0.1) is 5.41 Å². The van der Waals surface area contributed by atoms with Gasteiger partial charge in [-0.05, 0) is 6.92 Å². The Bertz CT molecular complexity index is 1970. The van der Waals surface area contributed by atoms with Gasteiger partial charge in [-0.25, -0.2) is 19.3 Å². The van der Waals surface area contributed by atoms with Gasteiger partial charge in [-0.1, -0.05) is 13.8 Å². The lowest BCUT2D eigenvalue weighted by atomic mass is 9.87. The number of ether oxygens (including phenoxy) is 1. The topological polar surface area (TPSA) is 402 Å². The number of hydrogen-bond donors (Lipinski definition) is 7. The monoisotopic (exact) mass is 946 g/mol. The highest BCUT2D eigenvalue weighted by molar-refractivity contribution is 7.99. The number of nitrogen functional groups attached to an aromatic ring is 1. The number of hydrogen-bond acceptors (Lipinski definition) is 24. The zero-order valence-electron chi connectivity index (χ0n) is 33.2. The van der Waals surface area contributed by atoms with E-state index in [1.54, 1.807) is 0 Å². The third-order valence-corrected chi connectivity index (χ3v) is 13.3. The zero-order valence-corrected chi connectivity index (χ0v) is 36.7. The molecule has 0 aromatic carbocycles. The van der Waals surface area contributed by atoms with Crippen LogP contribution in [0.15, 0.2) is 12.7 Å². The largest absolute Gasteiger partial charge is 0.790 e. The Labute approximate surface area is 353 Å². The number of thioether (sulfide) groups is 1. The van der Waals surface area contributed by atoms with E-state index >= 15 is 0 Å². The van der Waals surface area contributed by atoms with E-state index in [1.807, 2.05) is 0 Å². The smallest absolute Gasteiger partial charge is 0.274 e. The van der Waals surface area contributed by atoms with Gasteiger partial charge >= 0.3 is 0 Å². The highest BCUT2D eigenvalue weighted by atomic mass is 32.2. The molecule has 2 aromatic rings. The van der Waals surface area contributed by atoms with E-state index in [9.17, 15) is 57.9 Å². The van der Waals surface area contributed by atoms with Crippen molar-refractivity contribution in [3.8, 4) is 0 Å². The standard InChI is InChI=1S/C30H53N10O17P3S/c1-29(2,25(44)28(45)35-5-4-20(41)34-9-13-61-15-21(42)33-8-12-39-10-6-32-7-11-39)16-54-60(51,52)57-59(49,50)53-14-19-23(56-58(46,47)48)24(43)30(3,55-19)40-18-38-22-26(31)36-17-37-27(22)40/h17-19,23-25,32,43-44H,4-16H2,1-3H3,(H,33,42)(H,34,41)(H,35,45)(H,49,50)(H,51,52)(H2,31,36,37)(H2,46,47,48)/p-4. The van der Waals surface area contributed by atoms with Gasteiger partial charge in [0, 0.05) is 69.9 Å². The Balaban J connectivity index is 1.18. The summed E-state index contributed by atoms with van der Waals surface area (Å²) in [6.45, 7) is 6.37. The average Bonchev–Trinajstić information content (AvgIpc) is 3.72. The maximum absolute atomic E-state index is 12.6. The molecule has 0 radical (unpaired) electrons. The lowest BCUT2D eigenvalue weighted by molar-refractivity contribution is -0.347. The van der Waals surface area contributed by atoms with Crippen LogP contribution >= 0.6 is 35.2 Å². The van der Waals surface area contributed by atoms with Gasteiger partial charge in [-0.15, -0.1) is 0 Å². The van der Waals surface area contributed by atoms with Crippen LogP contribution in [0.25, 0.3) is 11.2 Å². The molecule has 27 nitrogen and oxygen atoms in total. The third-order valence-electron chi connectivity index (χ3n) is 9.30. The van der Waals surface area contributed by atoms with E-state index in [0.717, 1.165) is 49.9 Å². The van der Waals surface area contributed by atoms with Crippen LogP contribution in [0.3, 0.4) is 0 Å². The molecule has 0 bridgehead atoms. The van der Waals surface area contributed by atoms with Crippen LogP contribution in [-0.4, -0.2) is 154 Å². The number of piperazine rings is 1. The number of imidazole rings is 1. The molecule has 2 aliphatic rings. The molecule has 61 heavy (non-hydrogen) atoms. The minimum atomic E-state index is -5.94. The van der Waals surface area contributed by atoms with Crippen LogP contribution in [-0.2, 0) is 56.4 Å². The third kappa shape index (κ3) is 15.2. The van der Waals surface area contributed by atoms with Crippen LogP contribution in [0.1, 0.15) is 27.2 Å². The SMILES string of the molecule is CC(C)(COP(=O)([O-])OP(=O)([O-])OCC1OC(C)(n2cnc3c(N)ncnc32)C(O)C1OP(=O)([O-])[O-])C(O)C(=O)NCCC(=O)NCCSCC(=O)NCCN1CCNCC1. The quantitative estimate of drug-likeness (QED) is 0.0382. The summed E-state index contributed by atoms with van der Waals surface area (Å²) < 4.78 is 61.2. The van der Waals surface area contributed by atoms with E-state index in [4.69, 9.17) is 10.5 Å². The van der Waals surface area contributed by atoms with E-state index in [-0.39, 0.29) is 48.2 Å². The molecule has 0 saturated carbocycles. The first-order valence-corrected chi connectivity index (χ1v) is 24.1. The lowest BCUT2D eigenvalue weighted by Crippen LogP contribution is -2.46. The molecule has 346 valence electrons. The van der Waals surface area contributed by atoms with Gasteiger partial charge in [-0.3, -0.25) is 33.0 Å². The van der Waals surface area contributed by atoms with Crippen LogP contribution < -0.4 is 46.6 Å². The van der Waals surface area contributed by atoms with Crippen molar-refractivity contribution in [2.75, 3.05) is 82.8 Å². The first-order valence-electron chi connectivity index (χ1n) is 18.6. The number of aliphatic hydroxyl groups is 2. The molecule has 2 aliphatic heterocycles. The average molecular weight is 947 g/mol. The minimum absolute atomic E-state index is 0.0323. The summed E-state index contributed by atoms with van der Waals surface area (Å²) in [6.07, 6.45) is -6.06. The maximum atomic E-state index is 12.6. The summed E-state index contributed by atoms with van der Waals surface area (Å²) in [4.78, 5) is 99.1. The molecule has 4 rings (SSSR count). The number of fused-ring (bicyclic) bond motifs is 1. The van der Waals surface area contributed by atoms with Gasteiger partial charge in [0.05, 0.1) is 33.1 Å². The van der Waals surface area contributed by atoms with Gasteiger partial charge in [0.25, 0.3) is 15.6 Å². The van der Waals surface area contributed by atoms with E-state index < -0.39 is 84.1 Å². The predicted octanol–water partition coefficient (Wildman–Crippen LogP) is -5.19. The molecular formula is C30H49N10O17P3S-4. The predicted molar refractivity (Wildman–Crippen MR) is 205 cm³/mol. The van der Waals surface area contributed by atoms with Crippen LogP contribution in [0.4, 0.5) is 5.82 Å². The van der Waals surface area contributed by atoms with Crippen LogP contribution in [0.5, 0.6) is 0 Å². The number of amides is 3. The second-order valence-electron chi connectivity index (χ2n) is 14.5. The Kier molecular flexibility index (Phi) is 18.2. The molecule has 2 fully saturated rings. The van der Waals surface area contributed by atoms with Crippen molar-refractivity contribution in [1.29, 1.82) is 0 Å². The number of rotatable bonds is 24. The maximum Gasteiger partial charge on any atom is 0.274 e. The van der Waals surface area contributed by atoms with Crippen molar-refractivity contribution in [2.45, 2.75) is 57.3 Å². The number of phosphoric acid groups is 3. The number of aliphatic hydroxyl groups excluding tert-OH is 2. The highest BCUT2D eigenvalue weighted by Crippen LogP contribution is 2.56. The Morgan fingerprint density at radius 2 is 1.72 bits per heavy atom. The van der Waals surface area contributed by atoms with Gasteiger partial charge in [0.1, 0.15) is 36.3 Å². The van der Waals surface area contributed by atoms with Crippen molar-refractivity contribution in [3.63, 3.8) is 0 Å². The molecule has 0 spiro atoms. The molecule has 3 amide bonds. The second kappa shape index (κ2) is 21.8. The number of nitrogens with one attached hydrogen (secondary N) is 4. The molecule has 7 atom stereocenters. The number of phosphoric ester groups is 3. The van der Waals surface area contributed by atoms with E-state index in [1.165, 1.54) is 32.5 Å². The number of carbonyl (C=O) groups excluding carboxylic acids is 3. The fourth-order valence-corrected chi connectivity index (χ4v) is 9.40. The summed E-state index contributed by atoms with van der Waals surface area (Å²) in [7, 11) is -17.7. The molecule has 2 saturated heterocycles. The molecule has 7 unspecified atom stereocenters. The molecular weight excluding hydrogens is 897 g/mol. The lowest BCUT2D eigenvalue weighted by Gasteiger charge is -2.36. The van der Waals surface area contributed by atoms with Gasteiger partial charge in [-0.2, -0.15) is 11.8 Å². The number of nitrogens with zero attached hydrogens (tertiary/aromatic N) is 5. The highest BCUT2D eigenvalue weighted by Gasteiger charge is 2.55. The molecule has 4 heterocycles. The first kappa shape index (κ1) is 50.9. The van der Waals surface area contributed by atoms with Gasteiger partial charge in [0.2, 0.25) is 17.7 Å². The molecule has 2 aromatic heterocycles. The number of anilines is 1. The van der Waals surface area contributed by atoms with Crippen molar-refractivity contribution in [2.24, 2.45) is 5.41 Å². The van der Waals surface area contributed by atoms with E-state index in [2.05, 4.69) is 59.0 Å². The van der Waals surface area contributed by atoms with Crippen LogP contribution in [0.2, 0.25) is 0 Å². The fourth-order valence-electron chi connectivity index (χ4n) is 6.00. The zero-order chi connectivity index (χ0) is 45.2. The van der Waals surface area contributed by atoms with Crippen molar-refractivity contribution in [3.05, 3.63) is 12.7 Å². The van der Waals surface area contributed by atoms with Gasteiger partial charge in [0.15, 0.2) is 17.2 Å². The Morgan fingerprint density at radius 3 is 2.41 bits per heavy atom. The number of carbonyl (C=O) groups is 3. The summed E-state index contributed by atoms with van der Waals surface area (Å²) >= 11 is 1.33. The molecule has 31 heteroatoms. The summed E-state index contributed by atoms with van der Waals surface area (Å²) in [5.41, 5.74) is 2.03. The summed E-state index contributed by atoms with van der Waals surface area (Å²) in [6, 6.07) is 0. The van der Waals surface area contributed by atoms with E-state index in [0.29, 0.717) is 12.3 Å². The summed E-state index contributed by atoms with van der Waals surface area (Å²) in [5.74, 6) is -0.954. The van der Waals surface area contributed by atoms with Crippen molar-refractivity contribution in [1.82, 2.24) is 45.7 Å². The molecule has 8 N–H and O–H groups in total.